The quantitative estimate of drug-likeness (QED) is 0.799. The summed E-state index contributed by atoms with van der Waals surface area (Å²) in [5.74, 6) is 0.131. The number of carbonyl (C=O) groups is 1. The number of nitrogens with zero attached hydrogens (tertiary/aromatic N) is 1. The molecule has 1 aromatic rings. The van der Waals surface area contributed by atoms with E-state index in [4.69, 9.17) is 5.73 Å². The van der Waals surface area contributed by atoms with Crippen molar-refractivity contribution >= 4 is 5.91 Å². The van der Waals surface area contributed by atoms with E-state index in [-0.39, 0.29) is 5.91 Å². The standard InChI is InChI=1S/C14H18N2O/c1-2-8-14(12-6-4-3-5-7-12)9-10-16(11-15)13(14)17/h2-7H,1,8-11,15H2. The number of amides is 1. The Bertz CT molecular complexity index is 415. The Morgan fingerprint density at radius 3 is 2.65 bits per heavy atom. The first-order valence-electron chi connectivity index (χ1n) is 5.90. The number of allylic oxidation sites excluding steroid dienone is 1. The van der Waals surface area contributed by atoms with Crippen LogP contribution in [-0.4, -0.2) is 24.0 Å². The van der Waals surface area contributed by atoms with Crippen molar-refractivity contribution in [3.63, 3.8) is 0 Å². The summed E-state index contributed by atoms with van der Waals surface area (Å²) in [6.45, 7) is 4.81. The Hall–Kier alpha value is -1.61. The van der Waals surface area contributed by atoms with Gasteiger partial charge in [0.1, 0.15) is 0 Å². The fraction of sp³-hybridized carbons (Fsp3) is 0.357. The molecule has 1 unspecified atom stereocenters. The van der Waals surface area contributed by atoms with E-state index >= 15 is 0 Å². The van der Waals surface area contributed by atoms with Gasteiger partial charge in [-0.1, -0.05) is 36.4 Å². The van der Waals surface area contributed by atoms with Crippen LogP contribution in [0.2, 0.25) is 0 Å². The third kappa shape index (κ3) is 1.87. The van der Waals surface area contributed by atoms with Gasteiger partial charge in [0.25, 0.3) is 0 Å². The van der Waals surface area contributed by atoms with Crippen LogP contribution in [0.5, 0.6) is 0 Å². The molecule has 0 aliphatic carbocycles. The van der Waals surface area contributed by atoms with Crippen LogP contribution >= 0.6 is 0 Å². The predicted octanol–water partition coefficient (Wildman–Crippen LogP) is 1.65. The zero-order valence-corrected chi connectivity index (χ0v) is 9.93. The highest BCUT2D eigenvalue weighted by atomic mass is 16.2. The Balaban J connectivity index is 2.41. The molecule has 0 bridgehead atoms. The molecular formula is C14H18N2O. The van der Waals surface area contributed by atoms with E-state index in [1.807, 2.05) is 36.4 Å². The van der Waals surface area contributed by atoms with Crippen LogP contribution in [0, 0.1) is 0 Å². The molecule has 0 radical (unpaired) electrons. The molecule has 1 saturated heterocycles. The fourth-order valence-electron chi connectivity index (χ4n) is 2.59. The fourth-order valence-corrected chi connectivity index (χ4v) is 2.59. The second kappa shape index (κ2) is 4.72. The topological polar surface area (TPSA) is 46.3 Å². The lowest BCUT2D eigenvalue weighted by Gasteiger charge is -2.27. The predicted molar refractivity (Wildman–Crippen MR) is 68.3 cm³/mol. The number of hydrogen-bond acceptors (Lipinski definition) is 2. The van der Waals surface area contributed by atoms with Crippen LogP contribution in [0.25, 0.3) is 0 Å². The molecule has 1 fully saturated rings. The van der Waals surface area contributed by atoms with E-state index in [9.17, 15) is 4.79 Å². The van der Waals surface area contributed by atoms with Gasteiger partial charge in [-0.25, -0.2) is 0 Å². The number of nitrogens with two attached hydrogens (primary N) is 1. The summed E-state index contributed by atoms with van der Waals surface area (Å²) in [6.07, 6.45) is 3.32. The van der Waals surface area contributed by atoms with Crippen molar-refractivity contribution in [2.45, 2.75) is 18.3 Å². The Morgan fingerprint density at radius 2 is 2.12 bits per heavy atom. The third-order valence-corrected chi connectivity index (χ3v) is 3.54. The summed E-state index contributed by atoms with van der Waals surface area (Å²) in [4.78, 5) is 14.2. The highest BCUT2D eigenvalue weighted by Crippen LogP contribution is 2.38. The van der Waals surface area contributed by atoms with Crippen molar-refractivity contribution in [1.82, 2.24) is 4.90 Å². The van der Waals surface area contributed by atoms with Crippen molar-refractivity contribution in [1.29, 1.82) is 0 Å². The minimum Gasteiger partial charge on any atom is -0.329 e. The Kier molecular flexibility index (Phi) is 3.29. The van der Waals surface area contributed by atoms with Crippen molar-refractivity contribution in [2.75, 3.05) is 13.2 Å². The first-order valence-corrected chi connectivity index (χ1v) is 5.90. The lowest BCUT2D eigenvalue weighted by atomic mass is 9.76. The van der Waals surface area contributed by atoms with Gasteiger partial charge in [-0.15, -0.1) is 6.58 Å². The van der Waals surface area contributed by atoms with E-state index in [2.05, 4.69) is 6.58 Å². The van der Waals surface area contributed by atoms with E-state index in [1.165, 1.54) is 0 Å². The van der Waals surface area contributed by atoms with Gasteiger partial charge in [0.05, 0.1) is 12.1 Å². The van der Waals surface area contributed by atoms with Gasteiger partial charge < -0.3 is 10.6 Å². The van der Waals surface area contributed by atoms with Gasteiger partial charge in [-0.2, -0.15) is 0 Å². The average molecular weight is 230 g/mol. The minimum atomic E-state index is -0.442. The molecule has 1 aromatic carbocycles. The first kappa shape index (κ1) is 11.9. The zero-order valence-electron chi connectivity index (χ0n) is 9.93. The maximum Gasteiger partial charge on any atom is 0.234 e. The summed E-state index contributed by atoms with van der Waals surface area (Å²) in [6, 6.07) is 9.94. The summed E-state index contributed by atoms with van der Waals surface area (Å²) in [5, 5.41) is 0. The molecule has 1 aliphatic rings. The van der Waals surface area contributed by atoms with E-state index in [0.29, 0.717) is 13.1 Å². The summed E-state index contributed by atoms with van der Waals surface area (Å²) < 4.78 is 0. The molecule has 0 saturated carbocycles. The van der Waals surface area contributed by atoms with E-state index in [0.717, 1.165) is 18.5 Å². The lowest BCUT2D eigenvalue weighted by molar-refractivity contribution is -0.132. The van der Waals surface area contributed by atoms with E-state index in [1.54, 1.807) is 4.90 Å². The number of rotatable bonds is 4. The molecule has 1 aliphatic heterocycles. The van der Waals surface area contributed by atoms with Crippen LogP contribution in [0.15, 0.2) is 43.0 Å². The van der Waals surface area contributed by atoms with Crippen molar-refractivity contribution in [3.8, 4) is 0 Å². The molecule has 2 N–H and O–H groups in total. The summed E-state index contributed by atoms with van der Waals surface area (Å²) in [5.41, 5.74) is 6.23. The second-order valence-electron chi connectivity index (χ2n) is 4.44. The lowest BCUT2D eigenvalue weighted by Crippen LogP contribution is -2.40. The van der Waals surface area contributed by atoms with E-state index < -0.39 is 5.41 Å². The van der Waals surface area contributed by atoms with Gasteiger partial charge in [-0.05, 0) is 18.4 Å². The molecule has 3 nitrogen and oxygen atoms in total. The maximum absolute atomic E-state index is 12.4. The first-order chi connectivity index (χ1) is 8.24. The van der Waals surface area contributed by atoms with Crippen LogP contribution < -0.4 is 5.73 Å². The molecule has 3 heteroatoms. The molecule has 1 heterocycles. The molecule has 0 aromatic heterocycles. The van der Waals surface area contributed by atoms with Gasteiger partial charge in [0, 0.05) is 6.54 Å². The van der Waals surface area contributed by atoms with Crippen molar-refractivity contribution in [2.24, 2.45) is 5.73 Å². The largest absolute Gasteiger partial charge is 0.329 e. The minimum absolute atomic E-state index is 0.131. The monoisotopic (exact) mass is 230 g/mol. The smallest absolute Gasteiger partial charge is 0.234 e. The normalized spacial score (nSPS) is 24.1. The zero-order chi connectivity index (χ0) is 12.3. The second-order valence-corrected chi connectivity index (χ2v) is 4.44. The van der Waals surface area contributed by atoms with Crippen LogP contribution in [0.1, 0.15) is 18.4 Å². The molecular weight excluding hydrogens is 212 g/mol. The highest BCUT2D eigenvalue weighted by Gasteiger charge is 2.46. The SMILES string of the molecule is C=CCC1(c2ccccc2)CCN(CN)C1=O. The number of likely N-dealkylation sites (tertiary alicyclic amines) is 1. The van der Waals surface area contributed by atoms with Crippen LogP contribution in [0.4, 0.5) is 0 Å². The number of hydrogen-bond donors (Lipinski definition) is 1. The average Bonchev–Trinajstić information content (AvgIpc) is 2.69. The van der Waals surface area contributed by atoms with Crippen LogP contribution in [-0.2, 0) is 10.2 Å². The number of benzene rings is 1. The van der Waals surface area contributed by atoms with Crippen molar-refractivity contribution < 1.29 is 4.79 Å². The molecule has 90 valence electrons. The van der Waals surface area contributed by atoms with Crippen molar-refractivity contribution in [3.05, 3.63) is 48.6 Å². The van der Waals surface area contributed by atoms with Gasteiger partial charge in [0.15, 0.2) is 0 Å². The molecule has 0 spiro atoms. The van der Waals surface area contributed by atoms with Gasteiger partial charge in [0.2, 0.25) is 5.91 Å². The van der Waals surface area contributed by atoms with Gasteiger partial charge in [-0.3, -0.25) is 4.79 Å². The molecule has 1 amide bonds. The Labute approximate surface area is 102 Å². The summed E-state index contributed by atoms with van der Waals surface area (Å²) in [7, 11) is 0. The maximum atomic E-state index is 12.4. The highest BCUT2D eigenvalue weighted by molar-refractivity contribution is 5.90. The van der Waals surface area contributed by atoms with Crippen LogP contribution in [0.3, 0.4) is 0 Å². The number of carbonyl (C=O) groups excluding carboxylic acids is 1. The molecule has 2 rings (SSSR count). The third-order valence-electron chi connectivity index (χ3n) is 3.54. The molecule has 1 atom stereocenters. The summed E-state index contributed by atoms with van der Waals surface area (Å²) >= 11 is 0. The van der Waals surface area contributed by atoms with Gasteiger partial charge >= 0.3 is 0 Å². The Morgan fingerprint density at radius 1 is 1.41 bits per heavy atom. The molecule has 17 heavy (non-hydrogen) atoms.